The Labute approximate surface area is 151 Å². The van der Waals surface area contributed by atoms with Crippen molar-refractivity contribution in [2.24, 2.45) is 0 Å². The molecule has 1 aromatic rings. The standard InChI is InChI=1S/C21H29NO3/c1-14(10-8-9-13-22-18(5)23)11-12-19-17(4)20(24-6)15(2)16(3)21(19)25-7/h11H,8,10,12H2,1-7H3,(H,22,23)/b14-11+. The van der Waals surface area contributed by atoms with Gasteiger partial charge < -0.3 is 9.47 Å². The number of methoxy groups -OCH3 is 2. The molecule has 136 valence electrons. The van der Waals surface area contributed by atoms with Gasteiger partial charge in [0.25, 0.3) is 0 Å². The molecule has 0 unspecified atom stereocenters. The molecule has 0 aromatic heterocycles. The summed E-state index contributed by atoms with van der Waals surface area (Å²) < 4.78 is 11.2. The molecular formula is C21H29NO3. The highest BCUT2D eigenvalue weighted by atomic mass is 16.5. The van der Waals surface area contributed by atoms with Crippen molar-refractivity contribution < 1.29 is 14.3 Å². The lowest BCUT2D eigenvalue weighted by Gasteiger charge is -2.20. The molecule has 0 spiro atoms. The lowest BCUT2D eigenvalue weighted by Crippen LogP contribution is -2.11. The average Bonchev–Trinajstić information content (AvgIpc) is 2.56. The van der Waals surface area contributed by atoms with E-state index < -0.39 is 0 Å². The number of ether oxygens (including phenoxy) is 2. The summed E-state index contributed by atoms with van der Waals surface area (Å²) in [6.07, 6.45) is 4.58. The van der Waals surface area contributed by atoms with Crippen LogP contribution in [0.25, 0.3) is 0 Å². The maximum absolute atomic E-state index is 10.7. The van der Waals surface area contributed by atoms with Gasteiger partial charge in [-0.3, -0.25) is 10.1 Å². The van der Waals surface area contributed by atoms with Gasteiger partial charge in [0.05, 0.1) is 14.2 Å². The third-order valence-corrected chi connectivity index (χ3v) is 4.35. The van der Waals surface area contributed by atoms with Gasteiger partial charge in [-0.25, -0.2) is 0 Å². The molecule has 1 rings (SSSR count). The predicted molar refractivity (Wildman–Crippen MR) is 102 cm³/mol. The SMILES string of the molecule is COc1c(C)c(C)c(OC)c(C/C=C(\C)CCC#CNC(C)=O)c1C. The number of carbonyl (C=O) groups excluding carboxylic acids is 1. The summed E-state index contributed by atoms with van der Waals surface area (Å²) in [5.41, 5.74) is 5.78. The normalized spacial score (nSPS) is 10.8. The predicted octanol–water partition coefficient (Wildman–Crippen LogP) is 4.00. The van der Waals surface area contributed by atoms with E-state index in [2.05, 4.69) is 51.1 Å². The second kappa shape index (κ2) is 9.78. The van der Waals surface area contributed by atoms with Crippen LogP contribution in [-0.2, 0) is 11.2 Å². The molecule has 0 aliphatic carbocycles. The van der Waals surface area contributed by atoms with Crippen LogP contribution in [0.15, 0.2) is 11.6 Å². The molecule has 0 aliphatic heterocycles. The summed E-state index contributed by atoms with van der Waals surface area (Å²) in [6.45, 7) is 9.74. The topological polar surface area (TPSA) is 47.6 Å². The van der Waals surface area contributed by atoms with Crippen molar-refractivity contribution in [1.82, 2.24) is 5.32 Å². The lowest BCUT2D eigenvalue weighted by atomic mass is 9.94. The van der Waals surface area contributed by atoms with Crippen molar-refractivity contribution in [2.45, 2.75) is 53.9 Å². The molecule has 0 radical (unpaired) electrons. The largest absolute Gasteiger partial charge is 0.496 e. The molecule has 1 amide bonds. The van der Waals surface area contributed by atoms with Crippen molar-refractivity contribution in [1.29, 1.82) is 0 Å². The zero-order chi connectivity index (χ0) is 19.0. The molecule has 0 heterocycles. The minimum Gasteiger partial charge on any atom is -0.496 e. The van der Waals surface area contributed by atoms with Crippen molar-refractivity contribution in [3.8, 4) is 23.5 Å². The van der Waals surface area contributed by atoms with E-state index in [1.54, 1.807) is 14.2 Å². The maximum atomic E-state index is 10.7. The van der Waals surface area contributed by atoms with Gasteiger partial charge in [-0.2, -0.15) is 0 Å². The van der Waals surface area contributed by atoms with Crippen LogP contribution in [0.1, 0.15) is 48.9 Å². The zero-order valence-corrected chi connectivity index (χ0v) is 16.4. The molecule has 0 saturated heterocycles. The number of allylic oxidation sites excluding steroid dienone is 2. The minimum absolute atomic E-state index is 0.133. The maximum Gasteiger partial charge on any atom is 0.228 e. The van der Waals surface area contributed by atoms with Gasteiger partial charge in [-0.15, -0.1) is 0 Å². The van der Waals surface area contributed by atoms with E-state index in [0.29, 0.717) is 0 Å². The lowest BCUT2D eigenvalue weighted by molar-refractivity contribution is -0.117. The van der Waals surface area contributed by atoms with E-state index in [1.165, 1.54) is 12.5 Å². The van der Waals surface area contributed by atoms with Crippen LogP contribution in [0.3, 0.4) is 0 Å². The summed E-state index contributed by atoms with van der Waals surface area (Å²) >= 11 is 0. The van der Waals surface area contributed by atoms with Gasteiger partial charge in [-0.1, -0.05) is 17.6 Å². The highest BCUT2D eigenvalue weighted by molar-refractivity contribution is 5.74. The third kappa shape index (κ3) is 5.56. The average molecular weight is 343 g/mol. The minimum atomic E-state index is -0.133. The number of benzene rings is 1. The first kappa shape index (κ1) is 20.6. The number of hydrogen-bond acceptors (Lipinski definition) is 3. The molecule has 4 heteroatoms. The van der Waals surface area contributed by atoms with Crippen LogP contribution >= 0.6 is 0 Å². The van der Waals surface area contributed by atoms with Crippen LogP contribution in [0.4, 0.5) is 0 Å². The molecule has 1 N–H and O–H groups in total. The number of carbonyl (C=O) groups is 1. The highest BCUT2D eigenvalue weighted by Gasteiger charge is 2.17. The van der Waals surface area contributed by atoms with Crippen molar-refractivity contribution in [3.05, 3.63) is 33.9 Å². The van der Waals surface area contributed by atoms with E-state index >= 15 is 0 Å². The Morgan fingerprint density at radius 3 is 2.20 bits per heavy atom. The molecule has 25 heavy (non-hydrogen) atoms. The van der Waals surface area contributed by atoms with Crippen LogP contribution in [0, 0.1) is 32.7 Å². The molecule has 4 nitrogen and oxygen atoms in total. The van der Waals surface area contributed by atoms with Crippen molar-refractivity contribution in [3.63, 3.8) is 0 Å². The fourth-order valence-electron chi connectivity index (χ4n) is 2.82. The molecule has 0 saturated carbocycles. The van der Waals surface area contributed by atoms with Crippen molar-refractivity contribution in [2.75, 3.05) is 14.2 Å². The number of rotatable bonds is 6. The molecule has 0 atom stereocenters. The van der Waals surface area contributed by atoms with Gasteiger partial charge in [0.15, 0.2) is 0 Å². The quantitative estimate of drug-likeness (QED) is 0.482. The molecular weight excluding hydrogens is 314 g/mol. The fourth-order valence-corrected chi connectivity index (χ4v) is 2.82. The molecule has 0 bridgehead atoms. The van der Waals surface area contributed by atoms with Gasteiger partial charge >= 0.3 is 0 Å². The smallest absolute Gasteiger partial charge is 0.228 e. The molecule has 0 fully saturated rings. The van der Waals surface area contributed by atoms with Gasteiger partial charge in [0, 0.05) is 25.0 Å². The van der Waals surface area contributed by atoms with E-state index in [0.717, 1.165) is 53.0 Å². The highest BCUT2D eigenvalue weighted by Crippen LogP contribution is 2.38. The number of hydrogen-bond donors (Lipinski definition) is 1. The third-order valence-electron chi connectivity index (χ3n) is 4.35. The van der Waals surface area contributed by atoms with E-state index in [-0.39, 0.29) is 5.91 Å². The number of nitrogens with one attached hydrogen (secondary N) is 1. The molecule has 1 aromatic carbocycles. The van der Waals surface area contributed by atoms with Crippen LogP contribution < -0.4 is 14.8 Å². The Kier molecular flexibility index (Phi) is 8.07. The van der Waals surface area contributed by atoms with E-state index in [4.69, 9.17) is 9.47 Å². The first-order valence-corrected chi connectivity index (χ1v) is 8.44. The second-order valence-electron chi connectivity index (χ2n) is 6.16. The fraction of sp³-hybridized carbons (Fsp3) is 0.476. The van der Waals surface area contributed by atoms with Crippen molar-refractivity contribution >= 4 is 5.91 Å². The van der Waals surface area contributed by atoms with Gasteiger partial charge in [-0.05, 0) is 57.2 Å². The molecule has 0 aliphatic rings. The Bertz CT molecular complexity index is 721. The Balaban J connectivity index is 2.93. The first-order valence-electron chi connectivity index (χ1n) is 8.44. The van der Waals surface area contributed by atoms with Crippen LogP contribution in [-0.4, -0.2) is 20.1 Å². The first-order chi connectivity index (χ1) is 11.8. The van der Waals surface area contributed by atoms with E-state index in [1.807, 2.05) is 0 Å². The van der Waals surface area contributed by atoms with E-state index in [9.17, 15) is 4.79 Å². The van der Waals surface area contributed by atoms with Gasteiger partial charge in [0.2, 0.25) is 5.91 Å². The summed E-state index contributed by atoms with van der Waals surface area (Å²) in [5, 5.41) is 2.47. The summed E-state index contributed by atoms with van der Waals surface area (Å²) in [6, 6.07) is 2.66. The monoisotopic (exact) mass is 343 g/mol. The Morgan fingerprint density at radius 2 is 1.64 bits per heavy atom. The Morgan fingerprint density at radius 1 is 1.04 bits per heavy atom. The van der Waals surface area contributed by atoms with Crippen LogP contribution in [0.5, 0.6) is 11.5 Å². The summed E-state index contributed by atoms with van der Waals surface area (Å²) in [5.74, 6) is 4.68. The second-order valence-corrected chi connectivity index (χ2v) is 6.16. The van der Waals surface area contributed by atoms with Gasteiger partial charge in [0.1, 0.15) is 11.5 Å². The zero-order valence-electron chi connectivity index (χ0n) is 16.4. The summed E-state index contributed by atoms with van der Waals surface area (Å²) in [4.78, 5) is 10.7. The number of amides is 1. The summed E-state index contributed by atoms with van der Waals surface area (Å²) in [7, 11) is 3.42. The van der Waals surface area contributed by atoms with Crippen LogP contribution in [0.2, 0.25) is 0 Å². The Hall–Kier alpha value is -2.41.